The van der Waals surface area contributed by atoms with Crippen molar-refractivity contribution in [2.75, 3.05) is 6.61 Å². The molecule has 1 rings (SSSR count). The Morgan fingerprint density at radius 2 is 2.33 bits per heavy atom. The number of nitro groups is 1. The molecule has 0 amide bonds. The summed E-state index contributed by atoms with van der Waals surface area (Å²) >= 11 is 0. The highest BCUT2D eigenvalue weighted by Crippen LogP contribution is 2.24. The third-order valence-corrected chi connectivity index (χ3v) is 2.35. The Morgan fingerprint density at radius 3 is 2.94 bits per heavy atom. The minimum absolute atomic E-state index is 0.00738. The third-order valence-electron chi connectivity index (χ3n) is 2.35. The number of nitrogens with two attached hydrogens (primary N) is 1. The maximum Gasteiger partial charge on any atom is 0.273 e. The van der Waals surface area contributed by atoms with Crippen molar-refractivity contribution in [3.8, 4) is 5.75 Å². The van der Waals surface area contributed by atoms with Gasteiger partial charge in [-0.25, -0.2) is 0 Å². The van der Waals surface area contributed by atoms with Gasteiger partial charge in [0.05, 0.1) is 17.6 Å². The van der Waals surface area contributed by atoms with Crippen molar-refractivity contribution in [2.24, 2.45) is 10.9 Å². The summed E-state index contributed by atoms with van der Waals surface area (Å²) in [6.45, 7) is 2.15. The second kappa shape index (κ2) is 6.43. The Hall–Kier alpha value is -2.31. The largest absolute Gasteiger partial charge is 0.493 e. The fraction of sp³-hybridized carbons (Fsp3) is 0.364. The first-order chi connectivity index (χ1) is 8.54. The zero-order valence-electron chi connectivity index (χ0n) is 10.00. The van der Waals surface area contributed by atoms with Crippen LogP contribution in [0.4, 0.5) is 5.69 Å². The van der Waals surface area contributed by atoms with E-state index in [1.54, 1.807) is 6.07 Å². The lowest BCUT2D eigenvalue weighted by Gasteiger charge is -2.08. The number of hydrogen-bond donors (Lipinski definition) is 2. The third kappa shape index (κ3) is 3.93. The summed E-state index contributed by atoms with van der Waals surface area (Å²) in [6.07, 6.45) is 0.975. The Labute approximate surface area is 104 Å². The van der Waals surface area contributed by atoms with Gasteiger partial charge in [0, 0.05) is 12.5 Å². The van der Waals surface area contributed by atoms with Crippen LogP contribution < -0.4 is 10.5 Å². The standard InChI is InChI=1S/C11H15N3O4/c1-8-4-5-9(14(16)17)7-10(8)18-6-2-3-11(12)13-15/h4-5,7,15H,2-3,6H2,1H3,(H2,12,13). The van der Waals surface area contributed by atoms with Gasteiger partial charge in [-0.15, -0.1) is 0 Å². The second-order valence-electron chi connectivity index (χ2n) is 3.75. The SMILES string of the molecule is Cc1ccc([N+](=O)[O-])cc1OCCC/C(N)=N/O. The number of benzene rings is 1. The first-order valence-electron chi connectivity index (χ1n) is 5.39. The number of amidine groups is 1. The Morgan fingerprint density at radius 1 is 1.61 bits per heavy atom. The molecule has 0 saturated heterocycles. The van der Waals surface area contributed by atoms with Crippen LogP contribution in [-0.2, 0) is 0 Å². The molecule has 0 saturated carbocycles. The lowest BCUT2D eigenvalue weighted by molar-refractivity contribution is -0.384. The van der Waals surface area contributed by atoms with Gasteiger partial charge < -0.3 is 15.7 Å². The average Bonchev–Trinajstić information content (AvgIpc) is 2.35. The van der Waals surface area contributed by atoms with Crippen LogP contribution in [-0.4, -0.2) is 22.6 Å². The van der Waals surface area contributed by atoms with Crippen molar-refractivity contribution in [3.05, 3.63) is 33.9 Å². The van der Waals surface area contributed by atoms with E-state index in [1.165, 1.54) is 12.1 Å². The molecule has 0 radical (unpaired) electrons. The van der Waals surface area contributed by atoms with Crippen LogP contribution in [0.3, 0.4) is 0 Å². The molecule has 98 valence electrons. The molecular formula is C11H15N3O4. The topological polar surface area (TPSA) is 111 Å². The van der Waals surface area contributed by atoms with Crippen molar-refractivity contribution in [3.63, 3.8) is 0 Å². The Balaban J connectivity index is 2.56. The van der Waals surface area contributed by atoms with Crippen molar-refractivity contribution < 1.29 is 14.9 Å². The van der Waals surface area contributed by atoms with Crippen LogP contribution in [0.1, 0.15) is 18.4 Å². The number of aryl methyl sites for hydroxylation is 1. The van der Waals surface area contributed by atoms with E-state index in [1.807, 2.05) is 6.92 Å². The quantitative estimate of drug-likeness (QED) is 0.200. The van der Waals surface area contributed by atoms with Crippen molar-refractivity contribution in [1.29, 1.82) is 0 Å². The molecule has 0 bridgehead atoms. The van der Waals surface area contributed by atoms with Gasteiger partial charge in [0.2, 0.25) is 0 Å². The fourth-order valence-electron chi connectivity index (χ4n) is 1.34. The summed E-state index contributed by atoms with van der Waals surface area (Å²) in [4.78, 5) is 10.1. The molecule has 0 fully saturated rings. The molecule has 0 unspecified atom stereocenters. The van der Waals surface area contributed by atoms with Crippen LogP contribution in [0.2, 0.25) is 0 Å². The normalized spacial score (nSPS) is 11.3. The lowest BCUT2D eigenvalue weighted by atomic mass is 10.2. The number of rotatable bonds is 6. The Kier molecular flexibility index (Phi) is 4.91. The van der Waals surface area contributed by atoms with E-state index in [9.17, 15) is 10.1 Å². The minimum atomic E-state index is -0.470. The van der Waals surface area contributed by atoms with Gasteiger partial charge in [-0.05, 0) is 25.0 Å². The monoisotopic (exact) mass is 253 g/mol. The average molecular weight is 253 g/mol. The molecule has 7 nitrogen and oxygen atoms in total. The van der Waals surface area contributed by atoms with Gasteiger partial charge in [-0.2, -0.15) is 0 Å². The molecule has 0 aromatic heterocycles. The molecule has 0 aliphatic heterocycles. The maximum absolute atomic E-state index is 10.6. The predicted octanol–water partition coefficient (Wildman–Crippen LogP) is 1.81. The van der Waals surface area contributed by atoms with Gasteiger partial charge in [0.25, 0.3) is 5.69 Å². The fourth-order valence-corrected chi connectivity index (χ4v) is 1.34. The van der Waals surface area contributed by atoms with Gasteiger partial charge in [-0.1, -0.05) is 5.16 Å². The molecule has 0 aliphatic rings. The predicted molar refractivity (Wildman–Crippen MR) is 66.0 cm³/mol. The highest BCUT2D eigenvalue weighted by molar-refractivity contribution is 5.79. The van der Waals surface area contributed by atoms with Gasteiger partial charge in [0.1, 0.15) is 11.6 Å². The van der Waals surface area contributed by atoms with Gasteiger partial charge in [-0.3, -0.25) is 10.1 Å². The number of nitrogens with zero attached hydrogens (tertiary/aromatic N) is 2. The van der Waals surface area contributed by atoms with Crippen LogP contribution in [0.25, 0.3) is 0 Å². The number of hydrogen-bond acceptors (Lipinski definition) is 5. The van der Waals surface area contributed by atoms with E-state index >= 15 is 0 Å². The number of ether oxygens (including phenoxy) is 1. The molecule has 0 atom stereocenters. The minimum Gasteiger partial charge on any atom is -0.493 e. The van der Waals surface area contributed by atoms with E-state index in [0.29, 0.717) is 25.2 Å². The smallest absolute Gasteiger partial charge is 0.273 e. The van der Waals surface area contributed by atoms with Crippen LogP contribution >= 0.6 is 0 Å². The zero-order chi connectivity index (χ0) is 13.5. The molecule has 1 aromatic rings. The number of oxime groups is 1. The van der Waals surface area contributed by atoms with E-state index in [4.69, 9.17) is 15.7 Å². The van der Waals surface area contributed by atoms with E-state index in [-0.39, 0.29) is 11.5 Å². The Bertz CT molecular complexity index is 460. The molecule has 0 heterocycles. The van der Waals surface area contributed by atoms with E-state index in [2.05, 4.69) is 5.16 Å². The summed E-state index contributed by atoms with van der Waals surface area (Å²) in [6, 6.07) is 4.45. The maximum atomic E-state index is 10.6. The molecule has 0 spiro atoms. The van der Waals surface area contributed by atoms with Crippen LogP contribution in [0.5, 0.6) is 5.75 Å². The zero-order valence-corrected chi connectivity index (χ0v) is 10.00. The molecular weight excluding hydrogens is 238 g/mol. The molecule has 7 heteroatoms. The van der Waals surface area contributed by atoms with Crippen molar-refractivity contribution in [1.82, 2.24) is 0 Å². The summed E-state index contributed by atoms with van der Waals surface area (Å²) in [7, 11) is 0. The number of nitro benzene ring substituents is 1. The highest BCUT2D eigenvalue weighted by atomic mass is 16.6. The lowest BCUT2D eigenvalue weighted by Crippen LogP contribution is -2.12. The van der Waals surface area contributed by atoms with Gasteiger partial charge >= 0.3 is 0 Å². The van der Waals surface area contributed by atoms with E-state index in [0.717, 1.165) is 5.56 Å². The number of non-ortho nitro benzene ring substituents is 1. The summed E-state index contributed by atoms with van der Waals surface area (Å²) in [5.41, 5.74) is 6.12. The van der Waals surface area contributed by atoms with Gasteiger partial charge in [0.15, 0.2) is 0 Å². The molecule has 1 aromatic carbocycles. The summed E-state index contributed by atoms with van der Waals surface area (Å²) in [5, 5.41) is 21.8. The summed E-state index contributed by atoms with van der Waals surface area (Å²) in [5.74, 6) is 0.609. The van der Waals surface area contributed by atoms with E-state index < -0.39 is 4.92 Å². The first-order valence-corrected chi connectivity index (χ1v) is 5.39. The molecule has 18 heavy (non-hydrogen) atoms. The highest BCUT2D eigenvalue weighted by Gasteiger charge is 2.09. The summed E-state index contributed by atoms with van der Waals surface area (Å²) < 4.78 is 5.43. The molecule has 0 aliphatic carbocycles. The van der Waals surface area contributed by atoms with Crippen LogP contribution in [0, 0.1) is 17.0 Å². The van der Waals surface area contributed by atoms with Crippen molar-refractivity contribution >= 4 is 11.5 Å². The second-order valence-corrected chi connectivity index (χ2v) is 3.75. The molecule has 3 N–H and O–H groups in total. The first kappa shape index (κ1) is 13.8. The van der Waals surface area contributed by atoms with Crippen LogP contribution in [0.15, 0.2) is 23.4 Å². The van der Waals surface area contributed by atoms with Crippen molar-refractivity contribution in [2.45, 2.75) is 19.8 Å².